The normalized spacial score (nSPS) is 10.7. The van der Waals surface area contributed by atoms with Gasteiger partial charge in [-0.15, -0.1) is 0 Å². The van der Waals surface area contributed by atoms with Crippen molar-refractivity contribution < 1.29 is 14.8 Å². The molecule has 0 atom stereocenters. The first-order valence-electron chi connectivity index (χ1n) is 8.58. The van der Waals surface area contributed by atoms with Gasteiger partial charge in [0.15, 0.2) is 6.61 Å². The summed E-state index contributed by atoms with van der Waals surface area (Å²) in [5.74, 6) is 1.28. The molecular weight excluding hydrogens is 380 g/mol. The zero-order valence-electron chi connectivity index (χ0n) is 14.8. The van der Waals surface area contributed by atoms with Crippen LogP contribution in [-0.4, -0.2) is 19.1 Å². The van der Waals surface area contributed by atoms with Gasteiger partial charge in [0.1, 0.15) is 12.3 Å². The fraction of sp³-hybridized carbons (Fsp3) is 0.350. The van der Waals surface area contributed by atoms with Crippen LogP contribution in [0.3, 0.4) is 0 Å². The summed E-state index contributed by atoms with van der Waals surface area (Å²) < 4.78 is 6.76. The first-order valence-corrected chi connectivity index (χ1v) is 9.37. The molecule has 0 bridgehead atoms. The molecule has 134 valence electrons. The van der Waals surface area contributed by atoms with Gasteiger partial charge in [-0.05, 0) is 23.8 Å². The lowest BCUT2D eigenvalue weighted by Gasteiger charge is -2.12. The Bertz CT molecular complexity index is 675. The number of hydrogen-bond acceptors (Lipinski definition) is 2. The van der Waals surface area contributed by atoms with E-state index in [1.54, 1.807) is 0 Å². The van der Waals surface area contributed by atoms with E-state index in [2.05, 4.69) is 40.4 Å². The van der Waals surface area contributed by atoms with Crippen molar-refractivity contribution in [3.63, 3.8) is 0 Å². The van der Waals surface area contributed by atoms with Crippen LogP contribution in [0.5, 0.6) is 5.75 Å². The Labute approximate surface area is 158 Å². The van der Waals surface area contributed by atoms with Gasteiger partial charge in [0.2, 0.25) is 0 Å². The molecule has 2 aromatic rings. The third-order valence-corrected chi connectivity index (χ3v) is 4.21. The molecule has 0 saturated heterocycles. The van der Waals surface area contributed by atoms with Crippen LogP contribution in [0, 0.1) is 5.92 Å². The largest absolute Gasteiger partial charge is 0.483 e. The monoisotopic (exact) mass is 405 g/mol. The number of rotatable bonds is 9. The lowest BCUT2D eigenvalue weighted by molar-refractivity contribution is -0.675. The molecule has 0 aliphatic heterocycles. The van der Waals surface area contributed by atoms with Gasteiger partial charge in [0, 0.05) is 22.5 Å². The Morgan fingerprint density at radius 3 is 2.68 bits per heavy atom. The van der Waals surface area contributed by atoms with Crippen molar-refractivity contribution in [2.75, 3.05) is 13.2 Å². The van der Waals surface area contributed by atoms with Gasteiger partial charge in [-0.3, -0.25) is 4.79 Å². The van der Waals surface area contributed by atoms with E-state index in [4.69, 9.17) is 4.74 Å². The van der Waals surface area contributed by atoms with E-state index in [-0.39, 0.29) is 12.5 Å². The third-order valence-electron chi connectivity index (χ3n) is 3.72. The molecule has 0 spiro atoms. The molecule has 0 saturated carbocycles. The highest BCUT2D eigenvalue weighted by molar-refractivity contribution is 9.10. The maximum atomic E-state index is 12.0. The number of halogens is 1. The van der Waals surface area contributed by atoms with Gasteiger partial charge in [0.05, 0.1) is 6.54 Å². The van der Waals surface area contributed by atoms with Gasteiger partial charge in [-0.25, -0.2) is 0 Å². The number of ether oxygens (including phenoxy) is 1. The van der Waals surface area contributed by atoms with E-state index >= 15 is 0 Å². The van der Waals surface area contributed by atoms with Gasteiger partial charge < -0.3 is 15.4 Å². The highest BCUT2D eigenvalue weighted by atomic mass is 79.9. The van der Waals surface area contributed by atoms with Crippen LogP contribution in [0.4, 0.5) is 0 Å². The number of quaternary nitrogens is 1. The Morgan fingerprint density at radius 1 is 1.20 bits per heavy atom. The van der Waals surface area contributed by atoms with Crippen LogP contribution < -0.4 is 15.4 Å². The molecule has 0 fully saturated rings. The number of carbonyl (C=O) groups is 1. The minimum absolute atomic E-state index is 0.0195. The first kappa shape index (κ1) is 19.5. The number of hydrogen-bond donors (Lipinski definition) is 2. The summed E-state index contributed by atoms with van der Waals surface area (Å²) in [5, 5.41) is 5.14. The van der Waals surface area contributed by atoms with E-state index in [1.807, 2.05) is 48.5 Å². The number of amides is 1. The van der Waals surface area contributed by atoms with E-state index in [1.165, 1.54) is 0 Å². The standard InChI is InChI=1S/C20H25BrN2O2/c1-15(2)11-22-13-17-10-18(21)8-9-19(17)25-14-20(24)23-12-16-6-4-3-5-7-16/h3-10,15,22H,11-14H2,1-2H3,(H,23,24)/p+1. The summed E-state index contributed by atoms with van der Waals surface area (Å²) in [5.41, 5.74) is 2.16. The third kappa shape index (κ3) is 7.28. The SMILES string of the molecule is CC(C)C[NH2+]Cc1cc(Br)ccc1OCC(=O)NCc1ccccc1. The van der Waals surface area contributed by atoms with Crippen molar-refractivity contribution in [2.45, 2.75) is 26.9 Å². The molecule has 0 radical (unpaired) electrons. The molecule has 0 heterocycles. The molecule has 0 aliphatic rings. The average Bonchev–Trinajstić information content (AvgIpc) is 2.60. The predicted molar refractivity (Wildman–Crippen MR) is 103 cm³/mol. The van der Waals surface area contributed by atoms with E-state index in [9.17, 15) is 4.79 Å². The Hall–Kier alpha value is -1.85. The molecular formula is C20H26BrN2O2+. The summed E-state index contributed by atoms with van der Waals surface area (Å²) >= 11 is 3.50. The molecule has 5 heteroatoms. The highest BCUT2D eigenvalue weighted by Gasteiger charge is 2.10. The number of carbonyl (C=O) groups excluding carboxylic acids is 1. The van der Waals surface area contributed by atoms with Crippen LogP contribution in [0.15, 0.2) is 53.0 Å². The maximum Gasteiger partial charge on any atom is 0.258 e. The van der Waals surface area contributed by atoms with Crippen LogP contribution >= 0.6 is 15.9 Å². The second-order valence-electron chi connectivity index (χ2n) is 6.43. The molecule has 0 unspecified atom stereocenters. The second kappa shape index (κ2) is 10.2. The van der Waals surface area contributed by atoms with Crippen molar-refractivity contribution >= 4 is 21.8 Å². The Morgan fingerprint density at radius 2 is 1.96 bits per heavy atom. The molecule has 1 amide bonds. The van der Waals surface area contributed by atoms with E-state index in [0.29, 0.717) is 12.5 Å². The van der Waals surface area contributed by atoms with Crippen LogP contribution in [0.2, 0.25) is 0 Å². The average molecular weight is 406 g/mol. The van der Waals surface area contributed by atoms with Crippen LogP contribution in [0.1, 0.15) is 25.0 Å². The summed E-state index contributed by atoms with van der Waals surface area (Å²) in [4.78, 5) is 12.0. The fourth-order valence-corrected chi connectivity index (χ4v) is 2.82. The number of benzene rings is 2. The zero-order valence-corrected chi connectivity index (χ0v) is 16.4. The number of nitrogens with one attached hydrogen (secondary N) is 1. The van der Waals surface area contributed by atoms with Gasteiger partial charge >= 0.3 is 0 Å². The minimum Gasteiger partial charge on any atom is -0.483 e. The van der Waals surface area contributed by atoms with E-state index in [0.717, 1.165) is 34.4 Å². The van der Waals surface area contributed by atoms with Crippen molar-refractivity contribution in [1.29, 1.82) is 0 Å². The second-order valence-corrected chi connectivity index (χ2v) is 7.34. The maximum absolute atomic E-state index is 12.0. The quantitative estimate of drug-likeness (QED) is 0.673. The summed E-state index contributed by atoms with van der Waals surface area (Å²) in [6.45, 7) is 6.82. The zero-order chi connectivity index (χ0) is 18.1. The molecule has 0 aliphatic carbocycles. The molecule has 2 rings (SSSR count). The molecule has 4 nitrogen and oxygen atoms in total. The lowest BCUT2D eigenvalue weighted by atomic mass is 10.2. The minimum atomic E-state index is -0.121. The molecule has 2 aromatic carbocycles. The number of nitrogens with two attached hydrogens (primary N) is 1. The summed E-state index contributed by atoms with van der Waals surface area (Å²) in [6.07, 6.45) is 0. The van der Waals surface area contributed by atoms with Crippen LogP contribution in [0.25, 0.3) is 0 Å². The smallest absolute Gasteiger partial charge is 0.258 e. The Balaban J connectivity index is 1.85. The predicted octanol–water partition coefficient (Wildman–Crippen LogP) is 2.86. The van der Waals surface area contributed by atoms with Crippen LogP contribution in [-0.2, 0) is 17.9 Å². The summed E-state index contributed by atoms with van der Waals surface area (Å²) in [7, 11) is 0. The first-order chi connectivity index (χ1) is 12.0. The molecule has 0 aromatic heterocycles. The fourth-order valence-electron chi connectivity index (χ4n) is 2.41. The van der Waals surface area contributed by atoms with Crippen molar-refractivity contribution in [1.82, 2.24) is 5.32 Å². The molecule has 3 N–H and O–H groups in total. The lowest BCUT2D eigenvalue weighted by Crippen LogP contribution is -2.83. The van der Waals surface area contributed by atoms with Gasteiger partial charge in [-0.2, -0.15) is 0 Å². The molecule has 25 heavy (non-hydrogen) atoms. The Kier molecular flexibility index (Phi) is 7.95. The summed E-state index contributed by atoms with van der Waals surface area (Å²) in [6, 6.07) is 15.7. The van der Waals surface area contributed by atoms with Crippen molar-refractivity contribution in [3.8, 4) is 5.75 Å². The van der Waals surface area contributed by atoms with Gasteiger partial charge in [0.25, 0.3) is 5.91 Å². The van der Waals surface area contributed by atoms with Crippen molar-refractivity contribution in [2.24, 2.45) is 5.92 Å². The highest BCUT2D eigenvalue weighted by Crippen LogP contribution is 2.22. The van der Waals surface area contributed by atoms with Gasteiger partial charge in [-0.1, -0.05) is 60.1 Å². The van der Waals surface area contributed by atoms with Crippen molar-refractivity contribution in [3.05, 3.63) is 64.1 Å². The topological polar surface area (TPSA) is 54.9 Å². The van der Waals surface area contributed by atoms with E-state index < -0.39 is 0 Å².